The van der Waals surface area contributed by atoms with Crippen molar-refractivity contribution in [2.75, 3.05) is 11.4 Å². The molecule has 4 aromatic rings. The summed E-state index contributed by atoms with van der Waals surface area (Å²) in [6, 6.07) is 5.42. The molecule has 0 aliphatic carbocycles. The number of thiophene rings is 1. The summed E-state index contributed by atoms with van der Waals surface area (Å²) in [5, 5.41) is 1.04. The number of hydrogen-bond acceptors (Lipinski definition) is 7. The third-order valence-electron chi connectivity index (χ3n) is 5.70. The zero-order chi connectivity index (χ0) is 21.7. The molecule has 3 N–H and O–H groups in total. The predicted molar refractivity (Wildman–Crippen MR) is 120 cm³/mol. The number of amides is 1. The lowest BCUT2D eigenvalue weighted by atomic mass is 10.0. The Hall–Kier alpha value is -3.59. The molecule has 31 heavy (non-hydrogen) atoms. The molecule has 0 bridgehead atoms. The van der Waals surface area contributed by atoms with Gasteiger partial charge < -0.3 is 15.6 Å². The van der Waals surface area contributed by atoms with Crippen LogP contribution >= 0.6 is 11.3 Å². The largest absolute Gasteiger partial charge is 0.365 e. The van der Waals surface area contributed by atoms with Gasteiger partial charge in [-0.05, 0) is 43.2 Å². The van der Waals surface area contributed by atoms with Crippen LogP contribution in [0.5, 0.6) is 0 Å². The molecule has 0 saturated heterocycles. The highest BCUT2D eigenvalue weighted by atomic mass is 32.1. The van der Waals surface area contributed by atoms with Gasteiger partial charge in [0.05, 0.1) is 5.39 Å². The van der Waals surface area contributed by atoms with Crippen LogP contribution in [0.4, 0.5) is 5.82 Å². The second kappa shape index (κ2) is 7.28. The summed E-state index contributed by atoms with van der Waals surface area (Å²) in [4.78, 5) is 44.8. The lowest BCUT2D eigenvalue weighted by Gasteiger charge is -2.30. The number of carbonyl (C=O) groups is 1. The Morgan fingerprint density at radius 1 is 1.29 bits per heavy atom. The minimum atomic E-state index is -0.728. The van der Waals surface area contributed by atoms with E-state index < -0.39 is 11.5 Å². The number of H-pyrrole nitrogens is 1. The van der Waals surface area contributed by atoms with Crippen molar-refractivity contribution in [3.05, 3.63) is 68.2 Å². The highest BCUT2D eigenvalue weighted by molar-refractivity contribution is 7.18. The fourth-order valence-electron chi connectivity index (χ4n) is 3.95. The van der Waals surface area contributed by atoms with Crippen molar-refractivity contribution in [2.24, 2.45) is 5.73 Å². The smallest absolute Gasteiger partial charge is 0.261 e. The molecule has 5 rings (SSSR count). The highest BCUT2D eigenvalue weighted by Crippen LogP contribution is 2.37. The van der Waals surface area contributed by atoms with Crippen molar-refractivity contribution in [2.45, 2.75) is 26.8 Å². The first-order valence-electron chi connectivity index (χ1n) is 9.90. The van der Waals surface area contributed by atoms with E-state index in [1.165, 1.54) is 4.88 Å². The minimum Gasteiger partial charge on any atom is -0.365 e. The van der Waals surface area contributed by atoms with Crippen LogP contribution in [0.2, 0.25) is 0 Å². The average Bonchev–Trinajstić information content (AvgIpc) is 3.06. The van der Waals surface area contributed by atoms with Crippen LogP contribution in [0.1, 0.15) is 32.1 Å². The van der Waals surface area contributed by atoms with Gasteiger partial charge in [0, 0.05) is 48.0 Å². The van der Waals surface area contributed by atoms with E-state index in [-0.39, 0.29) is 5.56 Å². The van der Waals surface area contributed by atoms with Crippen molar-refractivity contribution in [3.8, 4) is 11.4 Å². The fraction of sp³-hybridized carbons (Fsp3) is 0.227. The molecular formula is C22H20N6O2S. The minimum absolute atomic E-state index is 0.0213. The van der Waals surface area contributed by atoms with E-state index >= 15 is 0 Å². The normalized spacial score (nSPS) is 13.4. The van der Waals surface area contributed by atoms with E-state index in [2.05, 4.69) is 28.7 Å². The summed E-state index contributed by atoms with van der Waals surface area (Å²) in [6.07, 6.45) is 4.12. The first-order chi connectivity index (χ1) is 14.9. The Balaban J connectivity index is 1.66. The number of carbonyl (C=O) groups excluding carboxylic acids is 1. The number of aromatic nitrogens is 4. The quantitative estimate of drug-likeness (QED) is 0.514. The number of fused-ring (bicyclic) bond motifs is 2. The monoisotopic (exact) mass is 432 g/mol. The molecule has 0 unspecified atom stereocenters. The van der Waals surface area contributed by atoms with Crippen molar-refractivity contribution < 1.29 is 4.79 Å². The Morgan fingerprint density at radius 3 is 2.87 bits per heavy atom. The van der Waals surface area contributed by atoms with Gasteiger partial charge in [-0.3, -0.25) is 14.6 Å². The summed E-state index contributed by atoms with van der Waals surface area (Å²) in [5.74, 6) is 0.749. The van der Waals surface area contributed by atoms with Gasteiger partial charge in [0.2, 0.25) is 0 Å². The van der Waals surface area contributed by atoms with Crippen LogP contribution in [0.15, 0.2) is 35.4 Å². The number of rotatable bonds is 3. The second-order valence-electron chi connectivity index (χ2n) is 7.63. The maximum Gasteiger partial charge on any atom is 0.261 e. The molecule has 5 heterocycles. The molecule has 1 amide bonds. The van der Waals surface area contributed by atoms with Gasteiger partial charge in [0.1, 0.15) is 16.2 Å². The fourth-order valence-corrected chi connectivity index (χ4v) is 4.98. The lowest BCUT2D eigenvalue weighted by molar-refractivity contribution is 0.0998. The molecule has 0 radical (unpaired) electrons. The predicted octanol–water partition coefficient (Wildman–Crippen LogP) is 2.72. The van der Waals surface area contributed by atoms with Crippen molar-refractivity contribution >= 4 is 33.3 Å². The Bertz CT molecular complexity index is 1390. The molecule has 0 aromatic carbocycles. The van der Waals surface area contributed by atoms with Crippen LogP contribution in [0.3, 0.4) is 0 Å². The van der Waals surface area contributed by atoms with Gasteiger partial charge in [-0.2, -0.15) is 0 Å². The lowest BCUT2D eigenvalue weighted by Crippen LogP contribution is -2.35. The van der Waals surface area contributed by atoms with E-state index in [0.717, 1.165) is 38.4 Å². The number of anilines is 1. The zero-order valence-electron chi connectivity index (χ0n) is 17.1. The number of primary amides is 1. The molecule has 156 valence electrons. The van der Waals surface area contributed by atoms with Crippen LogP contribution in [0.25, 0.3) is 21.6 Å². The van der Waals surface area contributed by atoms with E-state index in [0.29, 0.717) is 25.3 Å². The van der Waals surface area contributed by atoms with Crippen molar-refractivity contribution in [1.82, 2.24) is 19.9 Å². The topological polar surface area (TPSA) is 118 Å². The molecule has 1 aliphatic heterocycles. The van der Waals surface area contributed by atoms with Crippen LogP contribution in [-0.2, 0) is 13.0 Å². The van der Waals surface area contributed by atoms with E-state index in [4.69, 9.17) is 15.7 Å². The van der Waals surface area contributed by atoms with E-state index in [9.17, 15) is 9.59 Å². The number of aryl methyl sites for hydroxylation is 2. The molecule has 4 aromatic heterocycles. The molecule has 8 nitrogen and oxygen atoms in total. The first-order valence-corrected chi connectivity index (χ1v) is 10.7. The van der Waals surface area contributed by atoms with Gasteiger partial charge in [-0.15, -0.1) is 11.3 Å². The SMILES string of the molecule is Cc1sc2nc(-c3cccnc3)nc(N3CCc4[nH]c(=O)c(C(N)=O)cc4C3)c2c1C. The molecule has 1 aliphatic rings. The van der Waals surface area contributed by atoms with Crippen LogP contribution in [-0.4, -0.2) is 32.4 Å². The van der Waals surface area contributed by atoms with E-state index in [1.807, 2.05) is 12.1 Å². The standard InChI is InChI=1S/C22H20N6O2S/c1-11-12(2)31-22-17(11)20(26-19(27-22)13-4-3-6-24-9-13)28-7-5-16-14(10-28)8-15(18(23)29)21(30)25-16/h3-4,6,8-9H,5,7,10H2,1-2H3,(H2,23,29)(H,25,30). The average molecular weight is 433 g/mol. The van der Waals surface area contributed by atoms with Gasteiger partial charge in [0.15, 0.2) is 5.82 Å². The van der Waals surface area contributed by atoms with E-state index in [1.54, 1.807) is 29.8 Å². The summed E-state index contributed by atoms with van der Waals surface area (Å²) >= 11 is 1.65. The number of pyridine rings is 2. The van der Waals surface area contributed by atoms with Crippen LogP contribution in [0, 0.1) is 13.8 Å². The summed E-state index contributed by atoms with van der Waals surface area (Å²) in [6.45, 7) is 5.38. The third-order valence-corrected chi connectivity index (χ3v) is 6.80. The summed E-state index contributed by atoms with van der Waals surface area (Å²) in [7, 11) is 0. The maximum absolute atomic E-state index is 12.1. The number of nitrogens with zero attached hydrogens (tertiary/aromatic N) is 4. The van der Waals surface area contributed by atoms with Gasteiger partial charge >= 0.3 is 0 Å². The molecule has 0 saturated carbocycles. The second-order valence-corrected chi connectivity index (χ2v) is 8.83. The molecular weight excluding hydrogens is 412 g/mol. The van der Waals surface area contributed by atoms with Crippen LogP contribution < -0.4 is 16.2 Å². The maximum atomic E-state index is 12.1. The highest BCUT2D eigenvalue weighted by Gasteiger charge is 2.25. The summed E-state index contributed by atoms with van der Waals surface area (Å²) < 4.78 is 0. The molecule has 0 spiro atoms. The zero-order valence-corrected chi connectivity index (χ0v) is 17.9. The summed E-state index contributed by atoms with van der Waals surface area (Å²) in [5.41, 5.74) is 8.65. The molecule has 0 fully saturated rings. The molecule has 0 atom stereocenters. The molecule has 9 heteroatoms. The van der Waals surface area contributed by atoms with Crippen molar-refractivity contribution in [3.63, 3.8) is 0 Å². The Kier molecular flexibility index (Phi) is 4.55. The van der Waals surface area contributed by atoms with Gasteiger partial charge in [0.25, 0.3) is 11.5 Å². The first kappa shape index (κ1) is 19.4. The van der Waals surface area contributed by atoms with Gasteiger partial charge in [-0.25, -0.2) is 9.97 Å². The number of nitrogens with one attached hydrogen (secondary N) is 1. The van der Waals surface area contributed by atoms with Gasteiger partial charge in [-0.1, -0.05) is 0 Å². The number of hydrogen-bond donors (Lipinski definition) is 2. The van der Waals surface area contributed by atoms with Crippen molar-refractivity contribution in [1.29, 1.82) is 0 Å². The third kappa shape index (κ3) is 3.27. The number of nitrogens with two attached hydrogens (primary N) is 1. The number of aromatic amines is 1. The Labute approximate surface area is 181 Å². The Morgan fingerprint density at radius 2 is 2.13 bits per heavy atom.